The zero-order valence-electron chi connectivity index (χ0n) is 15.8. The van der Waals surface area contributed by atoms with Crippen molar-refractivity contribution in [2.75, 3.05) is 13.7 Å². The highest BCUT2D eigenvalue weighted by atomic mass is 16.5. The molecule has 0 aliphatic carbocycles. The van der Waals surface area contributed by atoms with E-state index in [9.17, 15) is 10.1 Å². The third kappa shape index (κ3) is 3.28. The molecule has 1 aliphatic heterocycles. The number of nitrogens with zero attached hydrogens (tertiary/aromatic N) is 3. The summed E-state index contributed by atoms with van der Waals surface area (Å²) >= 11 is 0. The summed E-state index contributed by atoms with van der Waals surface area (Å²) in [5, 5.41) is 9.20. The Kier molecular flexibility index (Phi) is 5.22. The summed E-state index contributed by atoms with van der Waals surface area (Å²) in [7, 11) is 1.56. The molecule has 0 N–H and O–H groups in total. The average Bonchev–Trinajstić information content (AvgIpc) is 2.66. The lowest BCUT2D eigenvalue weighted by Crippen LogP contribution is -2.31. The lowest BCUT2D eigenvalue weighted by molar-refractivity contribution is -0.119. The number of fused-ring (bicyclic) bond motifs is 1. The molecule has 0 fully saturated rings. The van der Waals surface area contributed by atoms with Gasteiger partial charge in [0.05, 0.1) is 37.0 Å². The Bertz CT molecular complexity index is 960. The Morgan fingerprint density at radius 3 is 2.74 bits per heavy atom. The molecule has 2 heterocycles. The van der Waals surface area contributed by atoms with Crippen LogP contribution in [0.4, 0.5) is 5.69 Å². The Labute approximate surface area is 158 Å². The van der Waals surface area contributed by atoms with Crippen molar-refractivity contribution in [1.29, 1.82) is 5.26 Å². The van der Waals surface area contributed by atoms with Gasteiger partial charge in [-0.25, -0.2) is 4.98 Å². The van der Waals surface area contributed by atoms with E-state index in [1.54, 1.807) is 32.4 Å². The van der Waals surface area contributed by atoms with Crippen molar-refractivity contribution in [2.24, 2.45) is 10.9 Å². The van der Waals surface area contributed by atoms with Gasteiger partial charge in [0, 0.05) is 29.0 Å². The number of benzene rings is 1. The van der Waals surface area contributed by atoms with Gasteiger partial charge in [0.1, 0.15) is 11.5 Å². The molecule has 2 aromatic rings. The van der Waals surface area contributed by atoms with Crippen LogP contribution >= 0.6 is 0 Å². The second-order valence-electron chi connectivity index (χ2n) is 6.37. The average molecular weight is 363 g/mol. The van der Waals surface area contributed by atoms with Crippen LogP contribution in [0, 0.1) is 17.2 Å². The van der Waals surface area contributed by atoms with E-state index in [0.717, 1.165) is 22.5 Å². The van der Waals surface area contributed by atoms with E-state index in [-0.39, 0.29) is 11.7 Å². The number of ketones is 1. The minimum Gasteiger partial charge on any atom is -0.496 e. The predicted molar refractivity (Wildman–Crippen MR) is 102 cm³/mol. The molecule has 1 aromatic carbocycles. The highest BCUT2D eigenvalue weighted by molar-refractivity contribution is 6.07. The maximum atomic E-state index is 12.6. The number of aromatic nitrogens is 1. The Morgan fingerprint density at radius 2 is 2.11 bits per heavy atom. The molecule has 0 amide bonds. The maximum Gasteiger partial charge on any atom is 0.219 e. The summed E-state index contributed by atoms with van der Waals surface area (Å²) < 4.78 is 11.3. The topological polar surface area (TPSA) is 84.6 Å². The van der Waals surface area contributed by atoms with Crippen LogP contribution in [0.2, 0.25) is 0 Å². The van der Waals surface area contributed by atoms with Gasteiger partial charge in [0.25, 0.3) is 0 Å². The molecule has 3 rings (SSSR count). The monoisotopic (exact) mass is 363 g/mol. The molecule has 0 radical (unpaired) electrons. The molecule has 0 spiro atoms. The van der Waals surface area contributed by atoms with Gasteiger partial charge in [-0.2, -0.15) is 5.26 Å². The standard InChI is InChI=1S/C21H21N3O3/c1-5-27-21-20-16(8-9-23-21)24-12(2)18(13(3)25)19(20)15-7-6-14(11-22)10-17(15)26-4/h6-10,18-19H,5H2,1-4H3. The lowest BCUT2D eigenvalue weighted by Gasteiger charge is -2.32. The fraction of sp³-hybridized carbons (Fsp3) is 0.333. The van der Waals surface area contributed by atoms with Crippen molar-refractivity contribution in [1.82, 2.24) is 4.98 Å². The summed E-state index contributed by atoms with van der Waals surface area (Å²) in [6.45, 7) is 5.76. The highest BCUT2D eigenvalue weighted by Crippen LogP contribution is 2.48. The third-order valence-corrected chi connectivity index (χ3v) is 4.74. The number of hydrogen-bond donors (Lipinski definition) is 0. The van der Waals surface area contributed by atoms with Gasteiger partial charge in [-0.15, -0.1) is 0 Å². The Morgan fingerprint density at radius 1 is 1.33 bits per heavy atom. The molecule has 0 saturated heterocycles. The van der Waals surface area contributed by atoms with Crippen molar-refractivity contribution >= 4 is 17.2 Å². The number of ether oxygens (including phenoxy) is 2. The summed E-state index contributed by atoms with van der Waals surface area (Å²) in [4.78, 5) is 21.6. The van der Waals surface area contributed by atoms with E-state index >= 15 is 0 Å². The van der Waals surface area contributed by atoms with Crippen LogP contribution < -0.4 is 9.47 Å². The van der Waals surface area contributed by atoms with E-state index in [4.69, 9.17) is 9.47 Å². The SMILES string of the molecule is CCOc1nccc2c1C(c1ccc(C#N)cc1OC)C(C(C)=O)C(C)=N2. The molecular formula is C21H21N3O3. The number of hydrogen-bond acceptors (Lipinski definition) is 6. The fourth-order valence-corrected chi connectivity index (χ4v) is 3.65. The van der Waals surface area contributed by atoms with Gasteiger partial charge >= 0.3 is 0 Å². The Balaban J connectivity index is 2.31. The quantitative estimate of drug-likeness (QED) is 0.806. The summed E-state index contributed by atoms with van der Waals surface area (Å²) in [5.41, 5.74) is 3.54. The van der Waals surface area contributed by atoms with Crippen molar-refractivity contribution < 1.29 is 14.3 Å². The zero-order chi connectivity index (χ0) is 19.6. The molecule has 0 saturated carbocycles. The van der Waals surface area contributed by atoms with E-state index in [1.165, 1.54) is 0 Å². The largest absolute Gasteiger partial charge is 0.496 e. The number of rotatable bonds is 5. The molecule has 138 valence electrons. The van der Waals surface area contributed by atoms with Crippen LogP contribution in [0.25, 0.3) is 0 Å². The first-order valence-corrected chi connectivity index (χ1v) is 8.77. The smallest absolute Gasteiger partial charge is 0.219 e. The predicted octanol–water partition coefficient (Wildman–Crippen LogP) is 3.80. The van der Waals surface area contributed by atoms with Crippen LogP contribution in [-0.4, -0.2) is 30.2 Å². The molecule has 0 bridgehead atoms. The fourth-order valence-electron chi connectivity index (χ4n) is 3.65. The van der Waals surface area contributed by atoms with Crippen molar-refractivity contribution in [3.05, 3.63) is 47.2 Å². The Hall–Kier alpha value is -3.20. The normalized spacial score (nSPS) is 18.1. The van der Waals surface area contributed by atoms with E-state index in [2.05, 4.69) is 16.0 Å². The number of methoxy groups -OCH3 is 1. The van der Waals surface area contributed by atoms with Gasteiger partial charge in [0.15, 0.2) is 0 Å². The van der Waals surface area contributed by atoms with Gasteiger partial charge in [-0.3, -0.25) is 9.79 Å². The summed E-state index contributed by atoms with van der Waals surface area (Å²) in [6, 6.07) is 9.19. The second kappa shape index (κ2) is 7.58. The molecule has 1 aromatic heterocycles. The van der Waals surface area contributed by atoms with E-state index in [1.807, 2.05) is 26.0 Å². The molecule has 27 heavy (non-hydrogen) atoms. The van der Waals surface area contributed by atoms with Gasteiger partial charge in [-0.1, -0.05) is 6.07 Å². The number of carbonyl (C=O) groups excluding carboxylic acids is 1. The van der Waals surface area contributed by atoms with Crippen molar-refractivity contribution in [3.8, 4) is 17.7 Å². The molecule has 6 nitrogen and oxygen atoms in total. The minimum atomic E-state index is -0.456. The van der Waals surface area contributed by atoms with Crippen LogP contribution in [0.3, 0.4) is 0 Å². The van der Waals surface area contributed by atoms with Crippen LogP contribution in [0.1, 0.15) is 43.4 Å². The number of carbonyl (C=O) groups is 1. The number of aliphatic imine (C=N–C) groups is 1. The first-order valence-electron chi connectivity index (χ1n) is 8.77. The first-order chi connectivity index (χ1) is 13.0. The number of pyridine rings is 1. The van der Waals surface area contributed by atoms with E-state index in [0.29, 0.717) is 23.8 Å². The van der Waals surface area contributed by atoms with Crippen molar-refractivity contribution in [3.63, 3.8) is 0 Å². The summed E-state index contributed by atoms with van der Waals surface area (Å²) in [5.74, 6) is 0.214. The molecule has 2 unspecified atom stereocenters. The first kappa shape index (κ1) is 18.6. The lowest BCUT2D eigenvalue weighted by atomic mass is 9.74. The van der Waals surface area contributed by atoms with Gasteiger partial charge in [0.2, 0.25) is 5.88 Å². The minimum absolute atomic E-state index is 0.00427. The van der Waals surface area contributed by atoms with Gasteiger partial charge in [-0.05, 0) is 39.0 Å². The molecule has 6 heteroatoms. The molecular weight excluding hydrogens is 342 g/mol. The summed E-state index contributed by atoms with van der Waals surface area (Å²) in [6.07, 6.45) is 1.65. The van der Waals surface area contributed by atoms with Crippen molar-refractivity contribution in [2.45, 2.75) is 26.7 Å². The van der Waals surface area contributed by atoms with Crippen LogP contribution in [-0.2, 0) is 4.79 Å². The number of nitriles is 1. The van der Waals surface area contributed by atoms with Gasteiger partial charge < -0.3 is 9.47 Å². The van der Waals surface area contributed by atoms with Crippen LogP contribution in [0.5, 0.6) is 11.6 Å². The molecule has 1 aliphatic rings. The zero-order valence-corrected chi connectivity index (χ0v) is 15.8. The highest BCUT2D eigenvalue weighted by Gasteiger charge is 2.39. The van der Waals surface area contributed by atoms with E-state index < -0.39 is 5.92 Å². The van der Waals surface area contributed by atoms with Crippen LogP contribution in [0.15, 0.2) is 35.5 Å². The number of Topliss-reactive ketones (excluding diaryl/α,β-unsaturated/α-hetero) is 1. The third-order valence-electron chi connectivity index (χ3n) is 4.74. The maximum absolute atomic E-state index is 12.6. The second-order valence-corrected chi connectivity index (χ2v) is 6.37. The molecule has 2 atom stereocenters.